The fourth-order valence-corrected chi connectivity index (χ4v) is 2.24. The minimum Gasteiger partial charge on any atom is -0.358 e. The van der Waals surface area contributed by atoms with Gasteiger partial charge in [0, 0.05) is 25.6 Å². The molecule has 6 nitrogen and oxygen atoms in total. The number of H-pyrrole nitrogens is 1. The van der Waals surface area contributed by atoms with Crippen LogP contribution in [-0.2, 0) is 4.79 Å². The van der Waals surface area contributed by atoms with Crippen LogP contribution in [0.1, 0.15) is 31.0 Å². The molecule has 6 heteroatoms. The van der Waals surface area contributed by atoms with Gasteiger partial charge in [0.2, 0.25) is 5.91 Å². The van der Waals surface area contributed by atoms with E-state index in [1.807, 2.05) is 0 Å². The lowest BCUT2D eigenvalue weighted by Gasteiger charge is -2.13. The van der Waals surface area contributed by atoms with Gasteiger partial charge >= 0.3 is 0 Å². The molecule has 1 atom stereocenters. The second-order valence-corrected chi connectivity index (χ2v) is 5.04. The molecule has 18 heavy (non-hydrogen) atoms. The van der Waals surface area contributed by atoms with E-state index >= 15 is 0 Å². The average molecular weight is 248 g/mol. The van der Waals surface area contributed by atoms with E-state index in [4.69, 9.17) is 0 Å². The molecule has 0 aromatic carbocycles. The van der Waals surface area contributed by atoms with Crippen molar-refractivity contribution in [3.63, 3.8) is 0 Å². The number of carbonyl (C=O) groups is 1. The largest absolute Gasteiger partial charge is 0.358 e. The standard InChI is InChI=1S/C12H16N4O2/c1-16-5-4-8(12(16)18)13-9-6-10(17)15-11(14-9)7-2-3-7/h6-8H,2-5H2,1H3,(H2,13,14,15,17). The van der Waals surface area contributed by atoms with Crippen LogP contribution >= 0.6 is 0 Å². The lowest BCUT2D eigenvalue weighted by molar-refractivity contribution is -0.127. The van der Waals surface area contributed by atoms with E-state index in [-0.39, 0.29) is 17.5 Å². The lowest BCUT2D eigenvalue weighted by atomic mass is 10.2. The highest BCUT2D eigenvalue weighted by atomic mass is 16.2. The molecule has 0 bridgehead atoms. The molecule has 0 spiro atoms. The van der Waals surface area contributed by atoms with Crippen molar-refractivity contribution in [2.45, 2.75) is 31.2 Å². The van der Waals surface area contributed by atoms with E-state index in [9.17, 15) is 9.59 Å². The number of hydrogen-bond acceptors (Lipinski definition) is 4. The highest BCUT2D eigenvalue weighted by Crippen LogP contribution is 2.37. The highest BCUT2D eigenvalue weighted by Gasteiger charge is 2.30. The van der Waals surface area contributed by atoms with Crippen LogP contribution in [-0.4, -0.2) is 40.4 Å². The molecule has 1 aliphatic heterocycles. The normalized spacial score (nSPS) is 23.5. The fourth-order valence-electron chi connectivity index (χ4n) is 2.24. The van der Waals surface area contributed by atoms with E-state index in [0.717, 1.165) is 31.6 Å². The first-order valence-corrected chi connectivity index (χ1v) is 6.26. The molecule has 3 rings (SSSR count). The molecular formula is C12H16N4O2. The smallest absolute Gasteiger partial charge is 0.252 e. The summed E-state index contributed by atoms with van der Waals surface area (Å²) in [6.45, 7) is 0.745. The van der Waals surface area contributed by atoms with Crippen LogP contribution in [0.4, 0.5) is 5.82 Å². The lowest BCUT2D eigenvalue weighted by Crippen LogP contribution is -2.31. The van der Waals surface area contributed by atoms with Crippen molar-refractivity contribution in [3.8, 4) is 0 Å². The van der Waals surface area contributed by atoms with E-state index in [2.05, 4.69) is 15.3 Å². The van der Waals surface area contributed by atoms with Crippen LogP contribution in [0.3, 0.4) is 0 Å². The highest BCUT2D eigenvalue weighted by molar-refractivity contribution is 5.86. The Balaban J connectivity index is 1.80. The zero-order valence-electron chi connectivity index (χ0n) is 10.3. The van der Waals surface area contributed by atoms with Crippen LogP contribution in [0.2, 0.25) is 0 Å². The number of carbonyl (C=O) groups excluding carboxylic acids is 1. The summed E-state index contributed by atoms with van der Waals surface area (Å²) in [6.07, 6.45) is 2.91. The van der Waals surface area contributed by atoms with Crippen molar-refractivity contribution in [1.29, 1.82) is 0 Å². The summed E-state index contributed by atoms with van der Waals surface area (Å²) < 4.78 is 0. The predicted octanol–water partition coefficient (Wildman–Crippen LogP) is 0.290. The second kappa shape index (κ2) is 4.12. The van der Waals surface area contributed by atoms with Crippen LogP contribution in [0, 0.1) is 0 Å². The number of hydrogen-bond donors (Lipinski definition) is 2. The van der Waals surface area contributed by atoms with Crippen LogP contribution in [0.15, 0.2) is 10.9 Å². The molecule has 1 unspecified atom stereocenters. The molecule has 1 aromatic rings. The molecule has 1 saturated carbocycles. The molecule has 2 N–H and O–H groups in total. The number of likely N-dealkylation sites (tertiary alicyclic amines) is 1. The van der Waals surface area contributed by atoms with Gasteiger partial charge in [-0.15, -0.1) is 0 Å². The summed E-state index contributed by atoms with van der Waals surface area (Å²) in [5.41, 5.74) is -0.159. The number of nitrogens with zero attached hydrogens (tertiary/aromatic N) is 2. The maximum atomic E-state index is 11.8. The van der Waals surface area contributed by atoms with Crippen LogP contribution in [0.25, 0.3) is 0 Å². The Bertz CT molecular complexity index is 535. The van der Waals surface area contributed by atoms with Crippen molar-refractivity contribution < 1.29 is 4.79 Å². The van der Waals surface area contributed by atoms with Crippen LogP contribution < -0.4 is 10.9 Å². The molecule has 1 aromatic heterocycles. The Morgan fingerprint density at radius 1 is 1.39 bits per heavy atom. The van der Waals surface area contributed by atoms with Crippen molar-refractivity contribution in [3.05, 3.63) is 22.2 Å². The van der Waals surface area contributed by atoms with Crippen molar-refractivity contribution in [2.24, 2.45) is 0 Å². The number of aromatic amines is 1. The average Bonchev–Trinajstić information content (AvgIpc) is 3.12. The molecule has 1 amide bonds. The van der Waals surface area contributed by atoms with Gasteiger partial charge < -0.3 is 15.2 Å². The Hall–Kier alpha value is -1.85. The number of aromatic nitrogens is 2. The Morgan fingerprint density at radius 3 is 2.78 bits per heavy atom. The minimum absolute atomic E-state index is 0.0602. The number of anilines is 1. The summed E-state index contributed by atoms with van der Waals surface area (Å²) in [5, 5.41) is 3.06. The van der Waals surface area contributed by atoms with E-state index in [0.29, 0.717) is 11.7 Å². The zero-order valence-corrected chi connectivity index (χ0v) is 10.3. The zero-order chi connectivity index (χ0) is 12.7. The third kappa shape index (κ3) is 2.10. The number of likely N-dealkylation sites (N-methyl/N-ethyl adjacent to an activating group) is 1. The maximum absolute atomic E-state index is 11.8. The SMILES string of the molecule is CN1CCC(Nc2cc(=O)[nH]c(C3CC3)n2)C1=O. The Kier molecular flexibility index (Phi) is 2.57. The molecule has 2 fully saturated rings. The Labute approximate surface area is 104 Å². The van der Waals surface area contributed by atoms with Gasteiger partial charge in [-0.05, 0) is 19.3 Å². The van der Waals surface area contributed by atoms with Gasteiger partial charge in [-0.1, -0.05) is 0 Å². The first-order valence-electron chi connectivity index (χ1n) is 6.26. The molecule has 2 heterocycles. The van der Waals surface area contributed by atoms with Crippen molar-refractivity contribution in [2.75, 3.05) is 18.9 Å². The van der Waals surface area contributed by atoms with E-state index in [1.165, 1.54) is 6.07 Å². The maximum Gasteiger partial charge on any atom is 0.252 e. The van der Waals surface area contributed by atoms with Crippen molar-refractivity contribution in [1.82, 2.24) is 14.9 Å². The first-order chi connectivity index (χ1) is 8.63. The quantitative estimate of drug-likeness (QED) is 0.806. The van der Waals surface area contributed by atoms with E-state index < -0.39 is 0 Å². The van der Waals surface area contributed by atoms with Gasteiger partial charge in [-0.3, -0.25) is 9.59 Å². The van der Waals surface area contributed by atoms with Gasteiger partial charge in [-0.25, -0.2) is 4.98 Å². The van der Waals surface area contributed by atoms with E-state index in [1.54, 1.807) is 11.9 Å². The van der Waals surface area contributed by atoms with Gasteiger partial charge in [0.25, 0.3) is 5.56 Å². The van der Waals surface area contributed by atoms with Gasteiger partial charge in [0.05, 0.1) is 0 Å². The monoisotopic (exact) mass is 248 g/mol. The molecule has 0 radical (unpaired) electrons. The topological polar surface area (TPSA) is 78.1 Å². The number of nitrogens with one attached hydrogen (secondary N) is 2. The predicted molar refractivity (Wildman–Crippen MR) is 66.5 cm³/mol. The van der Waals surface area contributed by atoms with Gasteiger partial charge in [0.1, 0.15) is 17.7 Å². The number of rotatable bonds is 3. The summed E-state index contributed by atoms with van der Waals surface area (Å²) >= 11 is 0. The van der Waals surface area contributed by atoms with Gasteiger partial charge in [-0.2, -0.15) is 0 Å². The molecular weight excluding hydrogens is 232 g/mol. The molecule has 1 aliphatic carbocycles. The summed E-state index contributed by atoms with van der Waals surface area (Å²) in [4.78, 5) is 32.1. The fraction of sp³-hybridized carbons (Fsp3) is 0.583. The third-order valence-corrected chi connectivity index (χ3v) is 3.47. The first kappa shape index (κ1) is 11.3. The molecule has 1 saturated heterocycles. The van der Waals surface area contributed by atoms with Gasteiger partial charge in [0.15, 0.2) is 0 Å². The van der Waals surface area contributed by atoms with Crippen LogP contribution in [0.5, 0.6) is 0 Å². The second-order valence-electron chi connectivity index (χ2n) is 5.04. The summed E-state index contributed by atoms with van der Waals surface area (Å²) in [5.74, 6) is 1.70. The Morgan fingerprint density at radius 2 is 2.17 bits per heavy atom. The molecule has 96 valence electrons. The summed E-state index contributed by atoms with van der Waals surface area (Å²) in [7, 11) is 1.78. The third-order valence-electron chi connectivity index (χ3n) is 3.47. The van der Waals surface area contributed by atoms with Crippen molar-refractivity contribution >= 4 is 11.7 Å². The minimum atomic E-state index is -0.253. The number of amides is 1. The summed E-state index contributed by atoms with van der Waals surface area (Å²) in [6, 6.07) is 1.16. The molecule has 2 aliphatic rings.